The van der Waals surface area contributed by atoms with E-state index in [1.165, 1.54) is 6.42 Å². The number of hydrogen-bond acceptors (Lipinski definition) is 4. The van der Waals surface area contributed by atoms with Crippen molar-refractivity contribution in [3.63, 3.8) is 0 Å². The molecule has 0 amide bonds. The van der Waals surface area contributed by atoms with Crippen molar-refractivity contribution < 1.29 is 18.6 Å². The smallest absolute Gasteiger partial charge is 0.323 e. The van der Waals surface area contributed by atoms with Gasteiger partial charge in [-0.2, -0.15) is 0 Å². The Morgan fingerprint density at radius 1 is 1.26 bits per heavy atom. The van der Waals surface area contributed by atoms with Gasteiger partial charge in [0.2, 0.25) is 0 Å². The first-order valence-electron chi connectivity index (χ1n) is 8.34. The third kappa shape index (κ3) is 5.67. The lowest BCUT2D eigenvalue weighted by Gasteiger charge is -2.26. The van der Waals surface area contributed by atoms with E-state index in [-0.39, 0.29) is 12.1 Å². The Morgan fingerprint density at radius 3 is 2.52 bits per heavy atom. The number of carbonyl (C=O) groups excluding carboxylic acids is 1. The van der Waals surface area contributed by atoms with Gasteiger partial charge < -0.3 is 9.26 Å². The zero-order valence-electron chi connectivity index (χ0n) is 13.9. The Kier molecular flexibility index (Phi) is 6.67. The first-order valence-corrected chi connectivity index (χ1v) is 10.2. The minimum absolute atomic E-state index is 0.00319. The molecule has 23 heavy (non-hydrogen) atoms. The number of carbonyl (C=O) groups is 1. The molecule has 1 aliphatic rings. The van der Waals surface area contributed by atoms with Crippen LogP contribution in [0.2, 0.25) is 0 Å². The van der Waals surface area contributed by atoms with Gasteiger partial charge in [0.15, 0.2) is 0 Å². The van der Waals surface area contributed by atoms with Gasteiger partial charge in [-0.1, -0.05) is 31.5 Å². The van der Waals surface area contributed by atoms with Crippen molar-refractivity contribution in [3.05, 3.63) is 30.3 Å². The molecular formula is C17H26NO4P. The maximum atomic E-state index is 12.8. The largest absolute Gasteiger partial charge is 0.461 e. The molecule has 1 unspecified atom stereocenters. The standard InChI is InChI=1S/C17H26NO4P/c1-3-23(20,22-16-12-8-5-9-13-16)18-14(2)17(19)21-15-10-6-4-7-11-15/h5,8-9,12-15H,3-4,6-7,10-11H2,1-2H3,(H,18,20)/t14-,23?/m0/s1. The first kappa shape index (κ1) is 18.0. The van der Waals surface area contributed by atoms with Gasteiger partial charge in [0.1, 0.15) is 17.9 Å². The summed E-state index contributed by atoms with van der Waals surface area (Å²) in [5, 5.41) is 2.84. The van der Waals surface area contributed by atoms with Crippen LogP contribution in [0, 0.1) is 0 Å². The molecule has 0 saturated heterocycles. The van der Waals surface area contributed by atoms with E-state index in [1.807, 2.05) is 18.2 Å². The van der Waals surface area contributed by atoms with Crippen LogP contribution in [-0.4, -0.2) is 24.3 Å². The molecule has 1 fully saturated rings. The van der Waals surface area contributed by atoms with Gasteiger partial charge in [0.05, 0.1) is 0 Å². The molecule has 0 aliphatic heterocycles. The lowest BCUT2D eigenvalue weighted by molar-refractivity contribution is -0.152. The Bertz CT molecular complexity index is 543. The lowest BCUT2D eigenvalue weighted by atomic mass is 9.98. The van der Waals surface area contributed by atoms with Crippen LogP contribution < -0.4 is 9.61 Å². The molecule has 128 valence electrons. The third-order valence-electron chi connectivity index (χ3n) is 3.99. The highest BCUT2D eigenvalue weighted by molar-refractivity contribution is 7.57. The van der Waals surface area contributed by atoms with E-state index in [4.69, 9.17) is 9.26 Å². The fourth-order valence-corrected chi connectivity index (χ4v) is 4.15. The molecule has 2 rings (SSSR count). The molecular weight excluding hydrogens is 313 g/mol. The number of para-hydroxylation sites is 1. The highest BCUT2D eigenvalue weighted by Gasteiger charge is 2.30. The van der Waals surface area contributed by atoms with Crippen LogP contribution in [0.15, 0.2) is 30.3 Å². The summed E-state index contributed by atoms with van der Waals surface area (Å²) in [5.74, 6) is 0.167. The van der Waals surface area contributed by atoms with E-state index >= 15 is 0 Å². The molecule has 1 saturated carbocycles. The van der Waals surface area contributed by atoms with E-state index < -0.39 is 13.6 Å². The minimum atomic E-state index is -3.14. The van der Waals surface area contributed by atoms with Crippen molar-refractivity contribution in [1.29, 1.82) is 0 Å². The third-order valence-corrected chi connectivity index (χ3v) is 6.11. The van der Waals surface area contributed by atoms with Gasteiger partial charge in [0, 0.05) is 6.16 Å². The van der Waals surface area contributed by atoms with E-state index in [0.29, 0.717) is 11.9 Å². The maximum absolute atomic E-state index is 12.8. The fourth-order valence-electron chi connectivity index (χ4n) is 2.63. The number of hydrogen-bond donors (Lipinski definition) is 1. The van der Waals surface area contributed by atoms with Crippen LogP contribution in [0.3, 0.4) is 0 Å². The Balaban J connectivity index is 1.91. The second kappa shape index (κ2) is 8.51. The van der Waals surface area contributed by atoms with Gasteiger partial charge in [-0.3, -0.25) is 9.36 Å². The summed E-state index contributed by atoms with van der Waals surface area (Å²) < 4.78 is 23.9. The predicted molar refractivity (Wildman–Crippen MR) is 90.8 cm³/mol. The number of ether oxygens (including phenoxy) is 1. The zero-order valence-corrected chi connectivity index (χ0v) is 14.8. The fraction of sp³-hybridized carbons (Fsp3) is 0.588. The minimum Gasteiger partial charge on any atom is -0.461 e. The Hall–Kier alpha value is -1.32. The van der Waals surface area contributed by atoms with Crippen molar-refractivity contribution in [3.8, 4) is 5.75 Å². The lowest BCUT2D eigenvalue weighted by Crippen LogP contribution is -2.37. The normalized spacial score (nSPS) is 19.6. The van der Waals surface area contributed by atoms with E-state index in [1.54, 1.807) is 26.0 Å². The molecule has 0 aromatic heterocycles. The summed E-state index contributed by atoms with van der Waals surface area (Å²) in [6.45, 7) is 3.44. The molecule has 6 heteroatoms. The van der Waals surface area contributed by atoms with E-state index in [2.05, 4.69) is 5.09 Å². The Morgan fingerprint density at radius 2 is 1.91 bits per heavy atom. The van der Waals surface area contributed by atoms with Gasteiger partial charge in [-0.05, 0) is 44.7 Å². The van der Waals surface area contributed by atoms with Crippen LogP contribution in [0.4, 0.5) is 0 Å². The number of esters is 1. The van der Waals surface area contributed by atoms with Gasteiger partial charge in [-0.15, -0.1) is 0 Å². The van der Waals surface area contributed by atoms with E-state index in [0.717, 1.165) is 25.7 Å². The van der Waals surface area contributed by atoms with Crippen molar-refractivity contribution in [2.45, 2.75) is 58.1 Å². The highest BCUT2D eigenvalue weighted by atomic mass is 31.2. The second-order valence-electron chi connectivity index (χ2n) is 5.94. The molecule has 1 aromatic carbocycles. The predicted octanol–water partition coefficient (Wildman–Crippen LogP) is 4.13. The molecule has 0 bridgehead atoms. The summed E-state index contributed by atoms with van der Waals surface area (Å²) in [5.41, 5.74) is 0. The van der Waals surface area contributed by atoms with Gasteiger partial charge >= 0.3 is 13.5 Å². The quantitative estimate of drug-likeness (QED) is 0.598. The first-order chi connectivity index (χ1) is 11.0. The SMILES string of the molecule is CCP(=O)(N[C@@H](C)C(=O)OC1CCCCC1)Oc1ccccc1. The Labute approximate surface area is 138 Å². The summed E-state index contributed by atoms with van der Waals surface area (Å²) >= 11 is 0. The van der Waals surface area contributed by atoms with Crippen molar-refractivity contribution in [2.24, 2.45) is 0 Å². The summed E-state index contributed by atoms with van der Waals surface area (Å²) in [4.78, 5) is 12.2. The number of benzene rings is 1. The van der Waals surface area contributed by atoms with Crippen LogP contribution in [-0.2, 0) is 14.1 Å². The number of nitrogens with one attached hydrogen (secondary N) is 1. The van der Waals surface area contributed by atoms with Crippen molar-refractivity contribution >= 4 is 13.5 Å². The van der Waals surface area contributed by atoms with Crippen LogP contribution in [0.5, 0.6) is 5.75 Å². The molecule has 1 aromatic rings. The summed E-state index contributed by atoms with van der Waals surface area (Å²) in [6, 6.07) is 8.32. The van der Waals surface area contributed by atoms with E-state index in [9.17, 15) is 9.36 Å². The molecule has 0 spiro atoms. The summed E-state index contributed by atoms with van der Waals surface area (Å²) in [7, 11) is -3.14. The van der Waals surface area contributed by atoms with Crippen LogP contribution in [0.25, 0.3) is 0 Å². The zero-order chi connectivity index (χ0) is 16.7. The monoisotopic (exact) mass is 339 g/mol. The summed E-state index contributed by atoms with van der Waals surface area (Å²) in [6.07, 6.45) is 5.54. The van der Waals surface area contributed by atoms with Crippen LogP contribution in [0.1, 0.15) is 46.0 Å². The molecule has 2 atom stereocenters. The molecule has 0 heterocycles. The number of rotatable bonds is 7. The van der Waals surface area contributed by atoms with Crippen molar-refractivity contribution in [1.82, 2.24) is 5.09 Å². The average molecular weight is 339 g/mol. The molecule has 0 radical (unpaired) electrons. The average Bonchev–Trinajstić information content (AvgIpc) is 2.56. The van der Waals surface area contributed by atoms with Gasteiger partial charge in [0.25, 0.3) is 0 Å². The molecule has 5 nitrogen and oxygen atoms in total. The highest BCUT2D eigenvalue weighted by Crippen LogP contribution is 2.43. The van der Waals surface area contributed by atoms with Crippen molar-refractivity contribution in [2.75, 3.05) is 6.16 Å². The molecule has 1 N–H and O–H groups in total. The molecule has 1 aliphatic carbocycles. The topological polar surface area (TPSA) is 64.6 Å². The van der Waals surface area contributed by atoms with Gasteiger partial charge in [-0.25, -0.2) is 5.09 Å². The van der Waals surface area contributed by atoms with Crippen LogP contribution >= 0.6 is 7.52 Å². The second-order valence-corrected chi connectivity index (χ2v) is 8.36. The maximum Gasteiger partial charge on any atom is 0.323 e.